The molecular weight excluding hydrogens is 576 g/mol. The van der Waals surface area contributed by atoms with Gasteiger partial charge in [0.05, 0.1) is 18.1 Å². The first-order chi connectivity index (χ1) is 20.7. The highest BCUT2D eigenvalue weighted by Crippen LogP contribution is 2.76. The van der Waals surface area contributed by atoms with E-state index in [0.29, 0.717) is 12.3 Å². The van der Waals surface area contributed by atoms with E-state index in [1.807, 2.05) is 0 Å². The molecule has 13 unspecified atom stereocenters. The molecule has 9 nitrogen and oxygen atoms in total. The highest BCUT2D eigenvalue weighted by Gasteiger charge is 2.70. The lowest BCUT2D eigenvalue weighted by atomic mass is 9.33. The quantitative estimate of drug-likeness (QED) is 0.150. The van der Waals surface area contributed by atoms with Crippen LogP contribution in [0.2, 0.25) is 0 Å². The van der Waals surface area contributed by atoms with Crippen LogP contribution < -0.4 is 0 Å². The molecule has 6 rings (SSSR count). The molecule has 1 aliphatic heterocycles. The number of carbonyl (C=O) groups is 1. The summed E-state index contributed by atoms with van der Waals surface area (Å²) in [6.45, 7) is 15.6. The Morgan fingerprint density at radius 2 is 1.58 bits per heavy atom. The number of aliphatic carboxylic acids is 1. The second kappa shape index (κ2) is 10.5. The Morgan fingerprint density at radius 1 is 0.911 bits per heavy atom. The molecule has 13 atom stereocenters. The van der Waals surface area contributed by atoms with E-state index in [1.54, 1.807) is 0 Å². The number of carboxylic acids is 1. The maximum Gasteiger partial charge on any atom is 0.311 e. The van der Waals surface area contributed by atoms with E-state index >= 15 is 0 Å². The number of rotatable bonds is 4. The minimum atomic E-state index is -2.56. The fourth-order valence-electron chi connectivity index (χ4n) is 12.2. The standard InChI is InChI=1S/C36H58O9/c1-30(2)14-16-35(29(41)42)17-15-33(6)20(21(35)18-30)8-9-24-32(5)12-11-25(31(3,4)23(32)10-13-34(24,33)7)45-36(43)28(40)27(39)26(38)22(19-37)44-36/h8,21-28,37-40,43H,9-19H2,1-7H3,(H,41,42). The van der Waals surface area contributed by atoms with Crippen molar-refractivity contribution in [1.82, 2.24) is 0 Å². The van der Waals surface area contributed by atoms with Crippen molar-refractivity contribution in [1.29, 1.82) is 0 Å². The number of aliphatic hydroxyl groups is 5. The van der Waals surface area contributed by atoms with Crippen LogP contribution in [0.25, 0.3) is 0 Å². The third-order valence-electron chi connectivity index (χ3n) is 15.2. The maximum absolute atomic E-state index is 12.9. The molecule has 45 heavy (non-hydrogen) atoms. The van der Waals surface area contributed by atoms with E-state index in [0.717, 1.165) is 57.8 Å². The zero-order valence-electron chi connectivity index (χ0n) is 28.4. The summed E-state index contributed by atoms with van der Waals surface area (Å²) >= 11 is 0. The van der Waals surface area contributed by atoms with Gasteiger partial charge < -0.3 is 40.1 Å². The number of allylic oxidation sites excluding steroid dienone is 2. The molecule has 1 saturated heterocycles. The summed E-state index contributed by atoms with van der Waals surface area (Å²) < 4.78 is 11.7. The summed E-state index contributed by atoms with van der Waals surface area (Å²) in [4.78, 5) is 12.9. The van der Waals surface area contributed by atoms with Crippen LogP contribution in [-0.2, 0) is 14.3 Å². The molecule has 0 spiro atoms. The summed E-state index contributed by atoms with van der Waals surface area (Å²) in [6.07, 6.45) is 4.10. The van der Waals surface area contributed by atoms with Crippen molar-refractivity contribution in [2.45, 2.75) is 149 Å². The highest BCUT2D eigenvalue weighted by atomic mass is 16.8. The molecule has 5 aliphatic carbocycles. The van der Waals surface area contributed by atoms with Crippen LogP contribution in [0, 0.1) is 50.2 Å². The lowest BCUT2D eigenvalue weighted by molar-refractivity contribution is -0.467. The van der Waals surface area contributed by atoms with Crippen LogP contribution in [0.3, 0.4) is 0 Å². The van der Waals surface area contributed by atoms with Gasteiger partial charge in [-0.1, -0.05) is 60.1 Å². The van der Waals surface area contributed by atoms with Crippen molar-refractivity contribution in [3.63, 3.8) is 0 Å². The van der Waals surface area contributed by atoms with Crippen molar-refractivity contribution in [3.8, 4) is 0 Å². The van der Waals surface area contributed by atoms with Crippen LogP contribution in [0.1, 0.15) is 113 Å². The van der Waals surface area contributed by atoms with E-state index < -0.39 is 59.9 Å². The molecule has 1 heterocycles. The lowest BCUT2D eigenvalue weighted by Gasteiger charge is -2.71. The van der Waals surface area contributed by atoms with Crippen molar-refractivity contribution in [3.05, 3.63) is 11.6 Å². The summed E-state index contributed by atoms with van der Waals surface area (Å²) in [5.41, 5.74) is 0.340. The van der Waals surface area contributed by atoms with Gasteiger partial charge in [0, 0.05) is 0 Å². The molecule has 0 aromatic carbocycles. The number of carboxylic acid groups (broad SMARTS) is 1. The third kappa shape index (κ3) is 4.54. The maximum atomic E-state index is 12.9. The van der Waals surface area contributed by atoms with Gasteiger partial charge >= 0.3 is 11.9 Å². The smallest absolute Gasteiger partial charge is 0.311 e. The Kier molecular flexibility index (Phi) is 7.86. The third-order valence-corrected chi connectivity index (χ3v) is 15.2. The number of aliphatic hydroxyl groups excluding tert-OH is 4. The van der Waals surface area contributed by atoms with Gasteiger partial charge in [0.2, 0.25) is 0 Å². The number of ether oxygens (including phenoxy) is 2. The second-order valence-electron chi connectivity index (χ2n) is 18.0. The van der Waals surface area contributed by atoms with Crippen molar-refractivity contribution in [2.24, 2.45) is 50.2 Å². The van der Waals surface area contributed by atoms with Crippen molar-refractivity contribution < 1.29 is 44.9 Å². The monoisotopic (exact) mass is 634 g/mol. The van der Waals surface area contributed by atoms with Crippen molar-refractivity contribution in [2.75, 3.05) is 6.61 Å². The Bertz CT molecular complexity index is 1230. The van der Waals surface area contributed by atoms with Crippen LogP contribution in [0.4, 0.5) is 0 Å². The van der Waals surface area contributed by atoms with Gasteiger partial charge in [-0.2, -0.15) is 0 Å². The van der Waals surface area contributed by atoms with Gasteiger partial charge in [-0.3, -0.25) is 4.79 Å². The zero-order chi connectivity index (χ0) is 33.2. The van der Waals surface area contributed by atoms with Crippen LogP contribution in [0.5, 0.6) is 0 Å². The van der Waals surface area contributed by atoms with E-state index in [1.165, 1.54) is 5.57 Å². The van der Waals surface area contributed by atoms with Gasteiger partial charge in [-0.05, 0) is 109 Å². The van der Waals surface area contributed by atoms with Gasteiger partial charge in [0.25, 0.3) is 0 Å². The molecule has 6 N–H and O–H groups in total. The van der Waals surface area contributed by atoms with E-state index in [-0.39, 0.29) is 33.5 Å². The van der Waals surface area contributed by atoms with Gasteiger partial charge in [0.15, 0.2) is 6.10 Å². The molecule has 256 valence electrons. The minimum absolute atomic E-state index is 0.00777. The Balaban J connectivity index is 1.31. The van der Waals surface area contributed by atoms with Gasteiger partial charge in [-0.15, -0.1) is 0 Å². The highest BCUT2D eigenvalue weighted by molar-refractivity contribution is 5.76. The molecule has 0 amide bonds. The fraction of sp³-hybridized carbons (Fsp3) is 0.917. The molecule has 0 bridgehead atoms. The summed E-state index contributed by atoms with van der Waals surface area (Å²) in [5, 5.41) is 63.0. The molecule has 0 aromatic rings. The summed E-state index contributed by atoms with van der Waals surface area (Å²) in [6, 6.07) is 0. The minimum Gasteiger partial charge on any atom is -0.481 e. The van der Waals surface area contributed by atoms with E-state index in [2.05, 4.69) is 54.5 Å². The molecule has 5 fully saturated rings. The largest absolute Gasteiger partial charge is 0.481 e. The zero-order valence-corrected chi connectivity index (χ0v) is 28.4. The van der Waals surface area contributed by atoms with Gasteiger partial charge in [0.1, 0.15) is 18.3 Å². The summed E-state index contributed by atoms with van der Waals surface area (Å²) in [5.74, 6) is -2.48. The Hall–Kier alpha value is -1.07. The van der Waals surface area contributed by atoms with Crippen LogP contribution in [-0.4, -0.2) is 79.7 Å². The topological polar surface area (TPSA) is 157 Å². The van der Waals surface area contributed by atoms with Crippen LogP contribution >= 0.6 is 0 Å². The summed E-state index contributed by atoms with van der Waals surface area (Å²) in [7, 11) is 0. The Morgan fingerprint density at radius 3 is 2.22 bits per heavy atom. The molecular formula is C36H58O9. The first-order valence-corrected chi connectivity index (χ1v) is 17.4. The SMILES string of the molecule is CC1(C)CCC2(C(=O)O)CCC3(C)C(=CCC4C5(C)CCC(OC6(O)OC(CO)C(O)C(O)C6O)C(C)(C)C5CCC43C)C2C1. The number of hydrogen-bond acceptors (Lipinski definition) is 8. The first kappa shape index (κ1) is 33.8. The Labute approximate surface area is 268 Å². The van der Waals surface area contributed by atoms with E-state index in [4.69, 9.17) is 9.47 Å². The molecule has 4 saturated carbocycles. The van der Waals surface area contributed by atoms with E-state index in [9.17, 15) is 35.4 Å². The van der Waals surface area contributed by atoms with Crippen molar-refractivity contribution >= 4 is 5.97 Å². The first-order valence-electron chi connectivity index (χ1n) is 17.4. The number of hydrogen-bond donors (Lipinski definition) is 6. The average molecular weight is 635 g/mol. The lowest BCUT2D eigenvalue weighted by Crippen LogP contribution is -2.69. The molecule has 0 radical (unpaired) electrons. The molecule has 0 aromatic heterocycles. The molecule has 9 heteroatoms. The molecule has 6 aliphatic rings. The number of fused-ring (bicyclic) bond motifs is 7. The normalized spacial score (nSPS) is 53.6. The predicted molar refractivity (Wildman–Crippen MR) is 166 cm³/mol. The predicted octanol–water partition coefficient (Wildman–Crippen LogP) is 4.38. The average Bonchev–Trinajstić information content (AvgIpc) is 2.95. The second-order valence-corrected chi connectivity index (χ2v) is 18.0. The fourth-order valence-corrected chi connectivity index (χ4v) is 12.2. The van der Waals surface area contributed by atoms with Crippen LogP contribution in [0.15, 0.2) is 11.6 Å². The van der Waals surface area contributed by atoms with Gasteiger partial charge in [-0.25, -0.2) is 0 Å².